The van der Waals surface area contributed by atoms with Gasteiger partial charge < -0.3 is 5.11 Å². The molecule has 0 spiro atoms. The summed E-state index contributed by atoms with van der Waals surface area (Å²) in [6.07, 6.45) is 3.12. The van der Waals surface area contributed by atoms with E-state index in [1.54, 1.807) is 25.4 Å². The Morgan fingerprint density at radius 3 is 3.10 bits per heavy atom. The van der Waals surface area contributed by atoms with Crippen LogP contribution in [0.4, 0.5) is 0 Å². The highest BCUT2D eigenvalue weighted by Crippen LogP contribution is 2.08. The fraction of sp³-hybridized carbons (Fsp3) is 0.143. The van der Waals surface area contributed by atoms with Gasteiger partial charge in [-0.05, 0) is 12.1 Å². The molecule has 0 aliphatic heterocycles. The first kappa shape index (κ1) is 6.74. The summed E-state index contributed by atoms with van der Waals surface area (Å²) in [5.74, 6) is 0.160. The molecule has 3 nitrogen and oxygen atoms in total. The summed E-state index contributed by atoms with van der Waals surface area (Å²) in [5.41, 5.74) is 0.505. The molecule has 1 rings (SSSR count). The van der Waals surface area contributed by atoms with Crippen molar-refractivity contribution in [1.82, 2.24) is 4.98 Å². The van der Waals surface area contributed by atoms with Crippen molar-refractivity contribution < 1.29 is 5.11 Å². The van der Waals surface area contributed by atoms with E-state index in [1.165, 1.54) is 6.21 Å². The fourth-order valence-electron chi connectivity index (χ4n) is 0.631. The average Bonchev–Trinajstić information content (AvgIpc) is 1.94. The number of aromatic hydroxyl groups is 1. The van der Waals surface area contributed by atoms with Crippen molar-refractivity contribution in [1.29, 1.82) is 0 Å². The third kappa shape index (κ3) is 1.31. The molecule has 1 heterocycles. The average molecular weight is 136 g/mol. The molecule has 0 aliphatic carbocycles. The lowest BCUT2D eigenvalue weighted by Gasteiger charge is -1.93. The van der Waals surface area contributed by atoms with E-state index in [4.69, 9.17) is 5.11 Å². The van der Waals surface area contributed by atoms with Crippen molar-refractivity contribution >= 4 is 6.21 Å². The van der Waals surface area contributed by atoms with Gasteiger partial charge in [0.15, 0.2) is 0 Å². The molecule has 0 saturated heterocycles. The van der Waals surface area contributed by atoms with Crippen molar-refractivity contribution in [2.24, 2.45) is 4.99 Å². The van der Waals surface area contributed by atoms with Gasteiger partial charge in [0.1, 0.15) is 11.4 Å². The van der Waals surface area contributed by atoms with Gasteiger partial charge in [0, 0.05) is 13.2 Å². The van der Waals surface area contributed by atoms with E-state index in [0.717, 1.165) is 0 Å². The van der Waals surface area contributed by atoms with Crippen molar-refractivity contribution in [2.75, 3.05) is 7.05 Å². The van der Waals surface area contributed by atoms with Gasteiger partial charge in [-0.25, -0.2) is 0 Å². The van der Waals surface area contributed by atoms with E-state index in [9.17, 15) is 0 Å². The molecule has 0 fully saturated rings. The van der Waals surface area contributed by atoms with Crippen LogP contribution >= 0.6 is 0 Å². The predicted octanol–water partition coefficient (Wildman–Crippen LogP) is 0.836. The molecule has 1 aromatic heterocycles. The van der Waals surface area contributed by atoms with E-state index < -0.39 is 0 Å². The van der Waals surface area contributed by atoms with Crippen LogP contribution in [0.1, 0.15) is 5.69 Å². The van der Waals surface area contributed by atoms with Gasteiger partial charge in [-0.2, -0.15) is 0 Å². The molecular weight excluding hydrogens is 128 g/mol. The van der Waals surface area contributed by atoms with Crippen LogP contribution in [0, 0.1) is 0 Å². The molecule has 0 unspecified atom stereocenters. The van der Waals surface area contributed by atoms with Crippen LogP contribution in [0.15, 0.2) is 23.3 Å². The Morgan fingerprint density at radius 1 is 1.70 bits per heavy atom. The van der Waals surface area contributed by atoms with E-state index in [0.29, 0.717) is 5.69 Å². The van der Waals surface area contributed by atoms with E-state index in [2.05, 4.69) is 9.98 Å². The predicted molar refractivity (Wildman–Crippen MR) is 39.4 cm³/mol. The Labute approximate surface area is 59.1 Å². The molecule has 3 heteroatoms. The summed E-state index contributed by atoms with van der Waals surface area (Å²) in [7, 11) is 1.63. The lowest BCUT2D eigenvalue weighted by atomic mass is 10.3. The Morgan fingerprint density at radius 2 is 2.50 bits per heavy atom. The lowest BCUT2D eigenvalue weighted by molar-refractivity contribution is 0.471. The normalized spacial score (nSPS) is 10.5. The molecule has 1 aromatic rings. The molecule has 10 heavy (non-hydrogen) atoms. The first-order valence-corrected chi connectivity index (χ1v) is 2.90. The molecule has 0 bridgehead atoms. The Hall–Kier alpha value is -1.38. The molecule has 0 aliphatic rings. The van der Waals surface area contributed by atoms with Crippen molar-refractivity contribution in [3.63, 3.8) is 0 Å². The quantitative estimate of drug-likeness (QED) is 0.581. The Bertz CT molecular complexity index is 245. The molecular formula is C7H8N2O. The smallest absolute Gasteiger partial charge is 0.142 e. The number of hydrogen-bond acceptors (Lipinski definition) is 3. The highest BCUT2D eigenvalue weighted by Gasteiger charge is 1.93. The van der Waals surface area contributed by atoms with Crippen LogP contribution in [0.5, 0.6) is 5.75 Å². The van der Waals surface area contributed by atoms with Crippen LogP contribution in [0.25, 0.3) is 0 Å². The van der Waals surface area contributed by atoms with Gasteiger partial charge in [-0.1, -0.05) is 0 Å². The minimum Gasteiger partial charge on any atom is -0.506 e. The van der Waals surface area contributed by atoms with Gasteiger partial charge >= 0.3 is 0 Å². The highest BCUT2D eigenvalue weighted by molar-refractivity contribution is 5.80. The van der Waals surface area contributed by atoms with E-state index in [1.807, 2.05) is 0 Å². The highest BCUT2D eigenvalue weighted by atomic mass is 16.3. The number of aromatic nitrogens is 1. The molecule has 0 radical (unpaired) electrons. The molecule has 0 aromatic carbocycles. The zero-order chi connectivity index (χ0) is 7.40. The van der Waals surface area contributed by atoms with Crippen LogP contribution in [0.2, 0.25) is 0 Å². The second kappa shape index (κ2) is 2.96. The summed E-state index contributed by atoms with van der Waals surface area (Å²) in [6, 6.07) is 3.24. The summed E-state index contributed by atoms with van der Waals surface area (Å²) in [6.45, 7) is 0. The molecule has 52 valence electrons. The first-order chi connectivity index (χ1) is 4.84. The zero-order valence-corrected chi connectivity index (χ0v) is 5.65. The topological polar surface area (TPSA) is 45.5 Å². The summed E-state index contributed by atoms with van der Waals surface area (Å²) in [5, 5.41) is 9.09. The van der Waals surface area contributed by atoms with E-state index in [-0.39, 0.29) is 5.75 Å². The van der Waals surface area contributed by atoms with Crippen LogP contribution in [0.3, 0.4) is 0 Å². The van der Waals surface area contributed by atoms with Crippen LogP contribution in [-0.4, -0.2) is 23.4 Å². The minimum absolute atomic E-state index is 0.160. The minimum atomic E-state index is 0.160. The number of nitrogens with zero attached hydrogens (tertiary/aromatic N) is 2. The van der Waals surface area contributed by atoms with Gasteiger partial charge in [0.05, 0.1) is 6.21 Å². The zero-order valence-electron chi connectivity index (χ0n) is 5.65. The van der Waals surface area contributed by atoms with Gasteiger partial charge in [-0.15, -0.1) is 0 Å². The number of hydrogen-bond donors (Lipinski definition) is 1. The van der Waals surface area contributed by atoms with Crippen molar-refractivity contribution in [2.45, 2.75) is 0 Å². The summed E-state index contributed by atoms with van der Waals surface area (Å²) in [4.78, 5) is 7.59. The Kier molecular flexibility index (Phi) is 1.99. The van der Waals surface area contributed by atoms with Crippen molar-refractivity contribution in [3.05, 3.63) is 24.0 Å². The molecule has 0 atom stereocenters. The van der Waals surface area contributed by atoms with Crippen LogP contribution < -0.4 is 0 Å². The fourth-order valence-corrected chi connectivity index (χ4v) is 0.631. The summed E-state index contributed by atoms with van der Waals surface area (Å²) >= 11 is 0. The Balaban J connectivity index is 3.03. The number of aliphatic imine (C=N–C) groups is 1. The van der Waals surface area contributed by atoms with Gasteiger partial charge in [0.2, 0.25) is 0 Å². The third-order valence-electron chi connectivity index (χ3n) is 1.07. The van der Waals surface area contributed by atoms with Crippen LogP contribution in [-0.2, 0) is 0 Å². The summed E-state index contributed by atoms with van der Waals surface area (Å²) < 4.78 is 0. The van der Waals surface area contributed by atoms with Gasteiger partial charge in [0.25, 0.3) is 0 Å². The first-order valence-electron chi connectivity index (χ1n) is 2.90. The monoisotopic (exact) mass is 136 g/mol. The second-order valence-corrected chi connectivity index (χ2v) is 1.80. The maximum atomic E-state index is 9.09. The SMILES string of the molecule is C/N=C/c1ncccc1O. The standard InChI is InChI=1S/C7H8N2O/c1-8-5-6-7(10)3-2-4-9-6/h2-5,10H,1H3/b8-5+. The largest absolute Gasteiger partial charge is 0.506 e. The second-order valence-electron chi connectivity index (χ2n) is 1.80. The maximum absolute atomic E-state index is 9.09. The maximum Gasteiger partial charge on any atom is 0.142 e. The van der Waals surface area contributed by atoms with E-state index >= 15 is 0 Å². The third-order valence-corrected chi connectivity index (χ3v) is 1.07. The van der Waals surface area contributed by atoms with Crippen molar-refractivity contribution in [3.8, 4) is 5.75 Å². The molecule has 1 N–H and O–H groups in total. The molecule has 0 saturated carbocycles. The molecule has 0 amide bonds. The lowest BCUT2D eigenvalue weighted by Crippen LogP contribution is -1.85. The number of rotatable bonds is 1. The van der Waals surface area contributed by atoms with Gasteiger partial charge in [-0.3, -0.25) is 9.98 Å². The number of pyridine rings is 1.